The first-order valence-electron chi connectivity index (χ1n) is 3.99. The summed E-state index contributed by atoms with van der Waals surface area (Å²) in [6.07, 6.45) is 6.13. The van der Waals surface area contributed by atoms with Gasteiger partial charge in [-0.1, -0.05) is 25.7 Å². The third kappa shape index (κ3) is 2.38. The molecule has 0 aromatic carbocycles. The quantitative estimate of drug-likeness (QED) is 0.580. The van der Waals surface area contributed by atoms with Crippen LogP contribution in [0.2, 0.25) is 0 Å². The Hall–Kier alpha value is -0.530. The fourth-order valence-electron chi connectivity index (χ4n) is 1.62. The van der Waals surface area contributed by atoms with Crippen LogP contribution in [0.1, 0.15) is 38.5 Å². The first kappa shape index (κ1) is 7.58. The molecule has 0 atom stereocenters. The molecule has 1 saturated carbocycles. The molecule has 0 spiro atoms. The molecule has 0 N–H and O–H groups in total. The number of hydrogen-bond acceptors (Lipinski definition) is 2. The van der Waals surface area contributed by atoms with Crippen LogP contribution >= 0.6 is 0 Å². The summed E-state index contributed by atoms with van der Waals surface area (Å²) in [5.41, 5.74) is 0. The number of rotatable bonds is 3. The molecule has 2 heteroatoms. The maximum atomic E-state index is 10.0. The van der Waals surface area contributed by atoms with E-state index < -0.39 is 5.97 Å². The molecule has 0 bridgehead atoms. The van der Waals surface area contributed by atoms with Crippen LogP contribution in [0.4, 0.5) is 0 Å². The molecular formula is C8H13O2-. The number of hydrogen-bond donors (Lipinski definition) is 0. The van der Waals surface area contributed by atoms with Gasteiger partial charge in [0, 0.05) is 5.97 Å². The van der Waals surface area contributed by atoms with E-state index in [4.69, 9.17) is 0 Å². The number of carboxylic acid groups (broad SMARTS) is 1. The minimum Gasteiger partial charge on any atom is -0.550 e. The van der Waals surface area contributed by atoms with Gasteiger partial charge in [-0.05, 0) is 18.8 Å². The predicted octanol–water partition coefficient (Wildman–Crippen LogP) is 0.707. The molecule has 1 fully saturated rings. The molecule has 0 unspecified atom stereocenters. The summed E-state index contributed by atoms with van der Waals surface area (Å²) in [4.78, 5) is 10.0. The molecule has 10 heavy (non-hydrogen) atoms. The van der Waals surface area contributed by atoms with E-state index in [-0.39, 0.29) is 6.42 Å². The van der Waals surface area contributed by atoms with Crippen LogP contribution in [0.5, 0.6) is 0 Å². The van der Waals surface area contributed by atoms with Gasteiger partial charge in [0.25, 0.3) is 0 Å². The van der Waals surface area contributed by atoms with Gasteiger partial charge in [-0.3, -0.25) is 0 Å². The molecule has 1 aliphatic rings. The van der Waals surface area contributed by atoms with E-state index in [9.17, 15) is 9.90 Å². The second-order valence-electron chi connectivity index (χ2n) is 3.06. The molecule has 0 aromatic heterocycles. The molecule has 1 aliphatic carbocycles. The largest absolute Gasteiger partial charge is 0.550 e. The summed E-state index contributed by atoms with van der Waals surface area (Å²) in [5, 5.41) is 10.0. The van der Waals surface area contributed by atoms with Gasteiger partial charge in [-0.2, -0.15) is 0 Å². The van der Waals surface area contributed by atoms with E-state index in [1.54, 1.807) is 0 Å². The topological polar surface area (TPSA) is 40.1 Å². The zero-order chi connectivity index (χ0) is 7.40. The van der Waals surface area contributed by atoms with Crippen molar-refractivity contribution in [1.29, 1.82) is 0 Å². The Balaban J connectivity index is 2.07. The minimum atomic E-state index is -0.896. The van der Waals surface area contributed by atoms with Gasteiger partial charge >= 0.3 is 0 Å². The molecule has 1 rings (SSSR count). The smallest absolute Gasteiger partial charge is 0.0414 e. The number of carboxylic acids is 1. The highest BCUT2D eigenvalue weighted by molar-refractivity contribution is 5.64. The van der Waals surface area contributed by atoms with Crippen LogP contribution in [0.15, 0.2) is 0 Å². The van der Waals surface area contributed by atoms with Crippen molar-refractivity contribution in [3.8, 4) is 0 Å². The van der Waals surface area contributed by atoms with Crippen LogP contribution < -0.4 is 5.11 Å². The van der Waals surface area contributed by atoms with Crippen molar-refractivity contribution < 1.29 is 9.90 Å². The highest BCUT2D eigenvalue weighted by Crippen LogP contribution is 2.28. The normalized spacial score (nSPS) is 19.6. The summed E-state index contributed by atoms with van der Waals surface area (Å²) >= 11 is 0. The fourth-order valence-corrected chi connectivity index (χ4v) is 1.62. The van der Waals surface area contributed by atoms with E-state index in [2.05, 4.69) is 0 Å². The van der Waals surface area contributed by atoms with Crippen LogP contribution in [0.3, 0.4) is 0 Å². The van der Waals surface area contributed by atoms with Crippen LogP contribution in [-0.2, 0) is 4.79 Å². The van der Waals surface area contributed by atoms with E-state index in [1.165, 1.54) is 25.7 Å². The fraction of sp³-hybridized carbons (Fsp3) is 0.875. The Morgan fingerprint density at radius 3 is 2.50 bits per heavy atom. The van der Waals surface area contributed by atoms with Gasteiger partial charge in [-0.15, -0.1) is 0 Å². The Morgan fingerprint density at radius 2 is 2.00 bits per heavy atom. The first-order chi connectivity index (χ1) is 4.79. The van der Waals surface area contributed by atoms with Crippen molar-refractivity contribution in [2.75, 3.05) is 0 Å². The molecule has 0 saturated heterocycles. The summed E-state index contributed by atoms with van der Waals surface area (Å²) in [7, 11) is 0. The van der Waals surface area contributed by atoms with Crippen molar-refractivity contribution in [2.45, 2.75) is 38.5 Å². The van der Waals surface area contributed by atoms with Gasteiger partial charge in [-0.25, -0.2) is 0 Å². The highest BCUT2D eigenvalue weighted by Gasteiger charge is 2.13. The highest BCUT2D eigenvalue weighted by atomic mass is 16.4. The van der Waals surface area contributed by atoms with Crippen LogP contribution in [0, 0.1) is 5.92 Å². The first-order valence-corrected chi connectivity index (χ1v) is 3.99. The van der Waals surface area contributed by atoms with Crippen LogP contribution in [-0.4, -0.2) is 5.97 Å². The Morgan fingerprint density at radius 1 is 1.40 bits per heavy atom. The molecule has 0 heterocycles. The summed E-state index contributed by atoms with van der Waals surface area (Å²) < 4.78 is 0. The SMILES string of the molecule is O=C([O-])CCC1CCCC1. The summed E-state index contributed by atoms with van der Waals surface area (Å²) in [6.45, 7) is 0. The van der Waals surface area contributed by atoms with E-state index in [0.29, 0.717) is 5.92 Å². The van der Waals surface area contributed by atoms with Crippen LogP contribution in [0.25, 0.3) is 0 Å². The Kier molecular flexibility index (Phi) is 2.72. The molecule has 0 aromatic rings. The third-order valence-corrected chi connectivity index (χ3v) is 2.23. The number of carbonyl (C=O) groups excluding carboxylic acids is 1. The van der Waals surface area contributed by atoms with Gasteiger partial charge < -0.3 is 9.90 Å². The average molecular weight is 141 g/mol. The van der Waals surface area contributed by atoms with Crippen molar-refractivity contribution in [2.24, 2.45) is 5.92 Å². The zero-order valence-corrected chi connectivity index (χ0v) is 6.14. The van der Waals surface area contributed by atoms with Gasteiger partial charge in [0.1, 0.15) is 0 Å². The standard InChI is InChI=1S/C8H14O2/c9-8(10)6-5-7-3-1-2-4-7/h7H,1-6H2,(H,9,10)/p-1. The van der Waals surface area contributed by atoms with Crippen molar-refractivity contribution in [3.05, 3.63) is 0 Å². The van der Waals surface area contributed by atoms with Gasteiger partial charge in [0.15, 0.2) is 0 Å². The lowest BCUT2D eigenvalue weighted by Crippen LogP contribution is -2.22. The second-order valence-corrected chi connectivity index (χ2v) is 3.06. The Bertz CT molecular complexity index is 114. The average Bonchev–Trinajstić information content (AvgIpc) is 2.34. The van der Waals surface area contributed by atoms with Crippen molar-refractivity contribution in [3.63, 3.8) is 0 Å². The molecular weight excluding hydrogens is 128 g/mol. The molecule has 0 amide bonds. The van der Waals surface area contributed by atoms with E-state index >= 15 is 0 Å². The molecule has 0 aliphatic heterocycles. The lowest BCUT2D eigenvalue weighted by atomic mass is 10.0. The Labute approximate surface area is 61.2 Å². The second kappa shape index (κ2) is 3.59. The van der Waals surface area contributed by atoms with E-state index in [0.717, 1.165) is 6.42 Å². The lowest BCUT2D eigenvalue weighted by molar-refractivity contribution is -0.306. The molecule has 58 valence electrons. The zero-order valence-electron chi connectivity index (χ0n) is 6.14. The van der Waals surface area contributed by atoms with E-state index in [1.807, 2.05) is 0 Å². The maximum absolute atomic E-state index is 10.0. The monoisotopic (exact) mass is 141 g/mol. The van der Waals surface area contributed by atoms with Crippen molar-refractivity contribution >= 4 is 5.97 Å². The van der Waals surface area contributed by atoms with Crippen molar-refractivity contribution in [1.82, 2.24) is 0 Å². The predicted molar refractivity (Wildman–Crippen MR) is 36.2 cm³/mol. The molecule has 2 nitrogen and oxygen atoms in total. The third-order valence-electron chi connectivity index (χ3n) is 2.23. The summed E-state index contributed by atoms with van der Waals surface area (Å²) in [5.74, 6) is -0.218. The lowest BCUT2D eigenvalue weighted by Gasteiger charge is -2.07. The number of carbonyl (C=O) groups is 1. The number of aliphatic carboxylic acids is 1. The van der Waals surface area contributed by atoms with Gasteiger partial charge in [0.05, 0.1) is 0 Å². The van der Waals surface area contributed by atoms with Gasteiger partial charge in [0.2, 0.25) is 0 Å². The minimum absolute atomic E-state index is 0.255. The maximum Gasteiger partial charge on any atom is 0.0414 e. The summed E-state index contributed by atoms with van der Waals surface area (Å²) in [6, 6.07) is 0. The molecule has 0 radical (unpaired) electrons.